The zero-order valence-electron chi connectivity index (χ0n) is 16.3. The van der Waals surface area contributed by atoms with Crippen molar-refractivity contribution in [3.8, 4) is 0 Å². The lowest BCUT2D eigenvalue weighted by atomic mass is 10.0. The van der Waals surface area contributed by atoms with Crippen molar-refractivity contribution in [1.82, 2.24) is 15.1 Å². The molecule has 2 aliphatic heterocycles. The van der Waals surface area contributed by atoms with E-state index < -0.39 is 6.09 Å². The molecule has 0 spiro atoms. The molecule has 6 heteroatoms. The van der Waals surface area contributed by atoms with Gasteiger partial charge in [0.1, 0.15) is 0 Å². The topological polar surface area (TPSA) is 72.9 Å². The first-order chi connectivity index (χ1) is 13.0. The minimum Gasteiger partial charge on any atom is -0.465 e. The van der Waals surface area contributed by atoms with Gasteiger partial charge in [-0.2, -0.15) is 0 Å². The van der Waals surface area contributed by atoms with Gasteiger partial charge in [-0.1, -0.05) is 44.2 Å². The highest BCUT2D eigenvalue weighted by Crippen LogP contribution is 2.32. The van der Waals surface area contributed by atoms with Crippen molar-refractivity contribution in [2.45, 2.75) is 32.7 Å². The van der Waals surface area contributed by atoms with Crippen molar-refractivity contribution in [2.75, 3.05) is 32.7 Å². The minimum atomic E-state index is -0.985. The van der Waals surface area contributed by atoms with Crippen LogP contribution in [0.1, 0.15) is 38.3 Å². The summed E-state index contributed by atoms with van der Waals surface area (Å²) < 4.78 is 0. The molecule has 0 radical (unpaired) electrons. The Bertz CT molecular complexity index is 637. The molecule has 2 saturated heterocycles. The molecular formula is C21H31N3O3. The van der Waals surface area contributed by atoms with Gasteiger partial charge in [0.05, 0.1) is 6.04 Å². The van der Waals surface area contributed by atoms with Gasteiger partial charge >= 0.3 is 6.09 Å². The summed E-state index contributed by atoms with van der Waals surface area (Å²) in [5.41, 5.74) is 1.00. The van der Waals surface area contributed by atoms with E-state index in [-0.39, 0.29) is 12.0 Å². The highest BCUT2D eigenvalue weighted by Gasteiger charge is 2.41. The summed E-state index contributed by atoms with van der Waals surface area (Å²) in [7, 11) is 0. The van der Waals surface area contributed by atoms with Gasteiger partial charge in [0.2, 0.25) is 5.91 Å². The second kappa shape index (κ2) is 8.74. The second-order valence-electron chi connectivity index (χ2n) is 8.03. The summed E-state index contributed by atoms with van der Waals surface area (Å²) in [6, 6.07) is 9.57. The molecule has 1 aromatic carbocycles. The molecule has 2 heterocycles. The Morgan fingerprint density at radius 2 is 1.78 bits per heavy atom. The van der Waals surface area contributed by atoms with Crippen LogP contribution in [-0.2, 0) is 4.79 Å². The minimum absolute atomic E-state index is 0.119. The second-order valence-corrected chi connectivity index (χ2v) is 8.03. The fourth-order valence-corrected chi connectivity index (χ4v) is 4.41. The fraction of sp³-hybridized carbons (Fsp3) is 0.619. The predicted molar refractivity (Wildman–Crippen MR) is 104 cm³/mol. The van der Waals surface area contributed by atoms with Crippen LogP contribution in [0.25, 0.3) is 0 Å². The van der Waals surface area contributed by atoms with Crippen LogP contribution in [0.3, 0.4) is 0 Å². The normalized spacial score (nSPS) is 24.4. The van der Waals surface area contributed by atoms with Crippen LogP contribution in [0, 0.1) is 17.8 Å². The highest BCUT2D eigenvalue weighted by atomic mass is 16.4. The van der Waals surface area contributed by atoms with Crippen LogP contribution < -0.4 is 5.32 Å². The van der Waals surface area contributed by atoms with Crippen LogP contribution in [0.15, 0.2) is 30.3 Å². The maximum absolute atomic E-state index is 12.4. The van der Waals surface area contributed by atoms with Gasteiger partial charge in [-0.3, -0.25) is 4.79 Å². The number of likely N-dealkylation sites (tertiary alicyclic amines) is 2. The number of carbonyl (C=O) groups excluding carboxylic acids is 1. The number of nitrogens with zero attached hydrogens (tertiary/aromatic N) is 2. The third kappa shape index (κ3) is 4.80. The van der Waals surface area contributed by atoms with Crippen molar-refractivity contribution in [3.63, 3.8) is 0 Å². The molecule has 0 bridgehead atoms. The molecule has 148 valence electrons. The number of carbonyl (C=O) groups is 2. The number of rotatable bonds is 7. The molecular weight excluding hydrogens is 342 g/mol. The van der Waals surface area contributed by atoms with Gasteiger partial charge in [0.15, 0.2) is 0 Å². The molecule has 2 aliphatic rings. The molecule has 27 heavy (non-hydrogen) atoms. The Labute approximate surface area is 161 Å². The Hall–Kier alpha value is -2.08. The Morgan fingerprint density at radius 3 is 2.33 bits per heavy atom. The number of carboxylic acid groups (broad SMARTS) is 1. The van der Waals surface area contributed by atoms with Crippen molar-refractivity contribution < 1.29 is 14.7 Å². The molecule has 3 rings (SSSR count). The Morgan fingerprint density at radius 1 is 1.15 bits per heavy atom. The van der Waals surface area contributed by atoms with Gasteiger partial charge in [-0.05, 0) is 30.2 Å². The lowest BCUT2D eigenvalue weighted by Crippen LogP contribution is -2.37. The fourth-order valence-electron chi connectivity index (χ4n) is 4.41. The summed E-state index contributed by atoms with van der Waals surface area (Å²) in [6.45, 7) is 8.70. The van der Waals surface area contributed by atoms with E-state index in [9.17, 15) is 9.59 Å². The van der Waals surface area contributed by atoms with Crippen molar-refractivity contribution in [2.24, 2.45) is 17.8 Å². The molecule has 2 fully saturated rings. The summed E-state index contributed by atoms with van der Waals surface area (Å²) in [6.07, 6.45) is 0.667. The third-order valence-electron chi connectivity index (χ3n) is 6.14. The molecule has 6 nitrogen and oxygen atoms in total. The van der Waals surface area contributed by atoms with E-state index in [0.29, 0.717) is 17.7 Å². The van der Waals surface area contributed by atoms with E-state index >= 15 is 0 Å². The number of nitrogens with one attached hydrogen (secondary N) is 1. The van der Waals surface area contributed by atoms with Crippen LogP contribution >= 0.6 is 0 Å². The van der Waals surface area contributed by atoms with Crippen molar-refractivity contribution in [3.05, 3.63) is 35.9 Å². The van der Waals surface area contributed by atoms with Gasteiger partial charge in [0.25, 0.3) is 0 Å². The molecule has 0 aliphatic carbocycles. The number of fused-ring (bicyclic) bond motifs is 1. The van der Waals surface area contributed by atoms with Crippen LogP contribution in [0.2, 0.25) is 0 Å². The Kier molecular flexibility index (Phi) is 6.37. The van der Waals surface area contributed by atoms with E-state index in [1.165, 1.54) is 0 Å². The smallest absolute Gasteiger partial charge is 0.405 e. The standard InChI is InChI=1S/C21H31N3O3/c1-3-15(2)20(25)24-13-17-11-23(12-18(17)14-24)10-9-19(22-21(26)27)16-7-5-4-6-8-16/h4-8,15,17-19,22H,3,9-14H2,1-2H3,(H,26,27)/t15-,17?,18?,19?/m0/s1. The largest absolute Gasteiger partial charge is 0.465 e. The summed E-state index contributed by atoms with van der Waals surface area (Å²) >= 11 is 0. The van der Waals surface area contributed by atoms with Crippen LogP contribution in [-0.4, -0.2) is 59.6 Å². The first kappa shape index (κ1) is 19.7. The first-order valence-electron chi connectivity index (χ1n) is 10.0. The van der Waals surface area contributed by atoms with E-state index in [1.807, 2.05) is 37.3 Å². The SMILES string of the molecule is CC[C@H](C)C(=O)N1CC2CN(CCC(NC(=O)O)c3ccccc3)CC2C1. The summed E-state index contributed by atoms with van der Waals surface area (Å²) in [4.78, 5) is 28.1. The van der Waals surface area contributed by atoms with E-state index in [0.717, 1.165) is 51.1 Å². The van der Waals surface area contributed by atoms with Gasteiger partial charge in [-0.15, -0.1) is 0 Å². The molecule has 2 N–H and O–H groups in total. The van der Waals surface area contributed by atoms with Crippen molar-refractivity contribution in [1.29, 1.82) is 0 Å². The Balaban J connectivity index is 1.51. The predicted octanol–water partition coefficient (Wildman–Crippen LogP) is 2.82. The van der Waals surface area contributed by atoms with Crippen LogP contribution in [0.5, 0.6) is 0 Å². The lowest BCUT2D eigenvalue weighted by Gasteiger charge is -2.25. The van der Waals surface area contributed by atoms with Gasteiger partial charge in [0, 0.05) is 38.6 Å². The van der Waals surface area contributed by atoms with Crippen LogP contribution in [0.4, 0.5) is 4.79 Å². The quantitative estimate of drug-likeness (QED) is 0.771. The number of benzene rings is 1. The first-order valence-corrected chi connectivity index (χ1v) is 10.0. The molecule has 0 saturated carbocycles. The average Bonchev–Trinajstić information content (AvgIpc) is 3.23. The van der Waals surface area contributed by atoms with Gasteiger partial charge < -0.3 is 20.2 Å². The summed E-state index contributed by atoms with van der Waals surface area (Å²) in [5, 5.41) is 11.8. The molecule has 0 aromatic heterocycles. The maximum atomic E-state index is 12.4. The zero-order valence-corrected chi connectivity index (χ0v) is 16.3. The molecule has 1 aromatic rings. The van der Waals surface area contributed by atoms with E-state index in [4.69, 9.17) is 5.11 Å². The maximum Gasteiger partial charge on any atom is 0.405 e. The number of hydrogen-bond donors (Lipinski definition) is 2. The zero-order chi connectivity index (χ0) is 19.4. The molecule has 4 atom stereocenters. The molecule has 3 unspecified atom stereocenters. The average molecular weight is 373 g/mol. The monoisotopic (exact) mass is 373 g/mol. The van der Waals surface area contributed by atoms with Crippen molar-refractivity contribution >= 4 is 12.0 Å². The van der Waals surface area contributed by atoms with Gasteiger partial charge in [-0.25, -0.2) is 4.79 Å². The van der Waals surface area contributed by atoms with E-state index in [1.54, 1.807) is 0 Å². The lowest BCUT2D eigenvalue weighted by molar-refractivity contribution is -0.134. The third-order valence-corrected chi connectivity index (χ3v) is 6.14. The number of amides is 2. The summed E-state index contributed by atoms with van der Waals surface area (Å²) in [5.74, 6) is 1.53. The highest BCUT2D eigenvalue weighted by molar-refractivity contribution is 5.78. The van der Waals surface area contributed by atoms with E-state index in [2.05, 4.69) is 22.0 Å². The molecule has 2 amide bonds. The number of hydrogen-bond acceptors (Lipinski definition) is 3.